The normalized spacial score (nSPS) is 18.2. The van der Waals surface area contributed by atoms with Crippen molar-refractivity contribution in [3.63, 3.8) is 0 Å². The number of nitrogens with zero attached hydrogens (tertiary/aromatic N) is 4. The van der Waals surface area contributed by atoms with Crippen molar-refractivity contribution in [2.75, 3.05) is 51.8 Å². The van der Waals surface area contributed by atoms with Crippen molar-refractivity contribution in [1.29, 1.82) is 0 Å². The van der Waals surface area contributed by atoms with E-state index in [1.807, 2.05) is 63.2 Å². The van der Waals surface area contributed by atoms with Gasteiger partial charge in [0.05, 0.1) is 30.8 Å². The highest BCUT2D eigenvalue weighted by Gasteiger charge is 2.46. The highest BCUT2D eigenvalue weighted by molar-refractivity contribution is 5.97. The Morgan fingerprint density at radius 2 is 1.62 bits per heavy atom. The minimum absolute atomic E-state index is 0.136. The van der Waals surface area contributed by atoms with E-state index < -0.39 is 23.4 Å². The van der Waals surface area contributed by atoms with Crippen LogP contribution in [-0.2, 0) is 14.3 Å². The smallest absolute Gasteiger partial charge is 0.417 e. The molecule has 11 heteroatoms. The number of fused-ring (bicyclic) bond motifs is 2. The Hall–Kier alpha value is -4.54. The van der Waals surface area contributed by atoms with Crippen LogP contribution in [0.3, 0.4) is 0 Å². The number of aromatic nitrogens is 1. The average Bonchev–Trinajstić information content (AvgIpc) is 3.44. The fourth-order valence-corrected chi connectivity index (χ4v) is 5.92. The quantitative estimate of drug-likeness (QED) is 0.289. The third-order valence-corrected chi connectivity index (χ3v) is 8.25. The Morgan fingerprint density at radius 1 is 0.936 bits per heavy atom. The Morgan fingerprint density at radius 3 is 2.28 bits per heavy atom. The van der Waals surface area contributed by atoms with Crippen molar-refractivity contribution < 1.29 is 33.3 Å². The van der Waals surface area contributed by atoms with Crippen LogP contribution in [0.15, 0.2) is 48.5 Å². The number of benzene rings is 2. The molecule has 3 amide bonds. The third-order valence-electron chi connectivity index (χ3n) is 8.25. The van der Waals surface area contributed by atoms with E-state index >= 15 is 0 Å². The zero-order valence-electron chi connectivity index (χ0n) is 28.7. The molecule has 3 aromatic rings. The van der Waals surface area contributed by atoms with Crippen LogP contribution in [0.2, 0.25) is 0 Å². The molecular weight excluding hydrogens is 600 g/mol. The van der Waals surface area contributed by atoms with Crippen molar-refractivity contribution in [3.8, 4) is 22.8 Å². The van der Waals surface area contributed by atoms with Crippen LogP contribution in [0.1, 0.15) is 48.0 Å². The van der Waals surface area contributed by atoms with Crippen LogP contribution in [-0.4, -0.2) is 91.0 Å². The van der Waals surface area contributed by atoms with Crippen LogP contribution in [0.4, 0.5) is 15.3 Å². The first-order chi connectivity index (χ1) is 22.1. The van der Waals surface area contributed by atoms with Gasteiger partial charge in [-0.05, 0) is 96.3 Å². The number of amides is 3. The molecule has 47 heavy (non-hydrogen) atoms. The number of hydrogen-bond donors (Lipinski definition) is 0. The molecule has 0 spiro atoms. The number of piperidine rings is 1. The molecule has 0 aliphatic carbocycles. The predicted molar refractivity (Wildman–Crippen MR) is 180 cm³/mol. The summed E-state index contributed by atoms with van der Waals surface area (Å²) in [5.41, 5.74) is 2.19. The number of likely N-dealkylation sites (tertiary alicyclic amines) is 1. The van der Waals surface area contributed by atoms with Crippen LogP contribution in [0, 0.1) is 11.8 Å². The number of likely N-dealkylation sites (N-methyl/N-ethyl adjacent to an activating group) is 1. The fraction of sp³-hybridized carbons (Fsp3) is 0.500. The van der Waals surface area contributed by atoms with E-state index in [9.17, 15) is 14.4 Å². The monoisotopic (exact) mass is 646 g/mol. The summed E-state index contributed by atoms with van der Waals surface area (Å²) in [6, 6.07) is 15.6. The molecular formula is C36H46N4O7. The molecule has 0 unspecified atom stereocenters. The maximum absolute atomic E-state index is 13.5. The van der Waals surface area contributed by atoms with Gasteiger partial charge in [0, 0.05) is 49.4 Å². The molecule has 0 saturated carbocycles. The molecule has 2 atom stereocenters. The zero-order chi connectivity index (χ0) is 34.1. The molecule has 2 aliphatic rings. The summed E-state index contributed by atoms with van der Waals surface area (Å²) in [6.07, 6.45) is -0.246. The SMILES string of the molecule is COc1ccc2c(N3C[C@@H]4CCN(C(=O)OC(C)(C)C)C(=O)[C@@H]4C3)cc(-c3ccc(OCCN(C)C(=O)OC(C)(C)C)cc3)nc2c1. The van der Waals surface area contributed by atoms with Crippen LogP contribution in [0.25, 0.3) is 22.2 Å². The molecule has 11 nitrogen and oxygen atoms in total. The van der Waals surface area contributed by atoms with Gasteiger partial charge in [-0.15, -0.1) is 0 Å². The Labute approximate surface area is 276 Å². The molecule has 3 heterocycles. The molecule has 0 bridgehead atoms. The van der Waals surface area contributed by atoms with E-state index in [0.717, 1.165) is 34.3 Å². The number of ether oxygens (including phenoxy) is 4. The molecule has 2 aromatic carbocycles. The number of carbonyl (C=O) groups is 3. The summed E-state index contributed by atoms with van der Waals surface area (Å²) >= 11 is 0. The second-order valence-electron chi connectivity index (χ2n) is 14.2. The van der Waals surface area contributed by atoms with Gasteiger partial charge in [0.2, 0.25) is 5.91 Å². The fourth-order valence-electron chi connectivity index (χ4n) is 5.92. The number of carbonyl (C=O) groups excluding carboxylic acids is 3. The maximum Gasteiger partial charge on any atom is 0.417 e. The van der Waals surface area contributed by atoms with E-state index in [1.54, 1.807) is 34.9 Å². The molecule has 252 valence electrons. The highest BCUT2D eigenvalue weighted by atomic mass is 16.6. The number of imide groups is 1. The van der Waals surface area contributed by atoms with Crippen molar-refractivity contribution >= 4 is 34.7 Å². The van der Waals surface area contributed by atoms with Gasteiger partial charge in [0.25, 0.3) is 0 Å². The van der Waals surface area contributed by atoms with E-state index in [2.05, 4.69) is 11.0 Å². The predicted octanol–water partition coefficient (Wildman–Crippen LogP) is 6.38. The first kappa shape index (κ1) is 33.8. The first-order valence-corrected chi connectivity index (χ1v) is 16.1. The van der Waals surface area contributed by atoms with Gasteiger partial charge in [0.15, 0.2) is 0 Å². The molecule has 0 radical (unpaired) electrons. The van der Waals surface area contributed by atoms with Crippen molar-refractivity contribution in [2.24, 2.45) is 11.8 Å². The van der Waals surface area contributed by atoms with Gasteiger partial charge >= 0.3 is 12.2 Å². The summed E-state index contributed by atoms with van der Waals surface area (Å²) in [5.74, 6) is 1.03. The second kappa shape index (κ2) is 13.3. The Kier molecular flexibility index (Phi) is 9.56. The Balaban J connectivity index is 1.34. The topological polar surface area (TPSA) is 111 Å². The van der Waals surface area contributed by atoms with Crippen LogP contribution in [0.5, 0.6) is 11.5 Å². The minimum Gasteiger partial charge on any atom is -0.497 e. The van der Waals surface area contributed by atoms with Crippen LogP contribution < -0.4 is 14.4 Å². The maximum atomic E-state index is 13.5. The number of hydrogen-bond acceptors (Lipinski definition) is 9. The van der Waals surface area contributed by atoms with Gasteiger partial charge in [0.1, 0.15) is 29.3 Å². The number of anilines is 1. The lowest BCUT2D eigenvalue weighted by Crippen LogP contribution is -2.49. The van der Waals surface area contributed by atoms with E-state index in [0.29, 0.717) is 44.3 Å². The molecule has 2 fully saturated rings. The third kappa shape index (κ3) is 8.07. The largest absolute Gasteiger partial charge is 0.497 e. The summed E-state index contributed by atoms with van der Waals surface area (Å²) in [7, 11) is 3.31. The van der Waals surface area contributed by atoms with Gasteiger partial charge in [-0.3, -0.25) is 4.79 Å². The van der Waals surface area contributed by atoms with Gasteiger partial charge in [-0.2, -0.15) is 0 Å². The van der Waals surface area contributed by atoms with E-state index in [-0.39, 0.29) is 17.7 Å². The summed E-state index contributed by atoms with van der Waals surface area (Å²) in [5, 5.41) is 0.957. The van der Waals surface area contributed by atoms with Crippen molar-refractivity contribution in [2.45, 2.75) is 59.2 Å². The Bertz CT molecular complexity index is 1630. The van der Waals surface area contributed by atoms with E-state index in [4.69, 9.17) is 23.9 Å². The van der Waals surface area contributed by atoms with E-state index in [1.165, 1.54) is 9.80 Å². The summed E-state index contributed by atoms with van der Waals surface area (Å²) < 4.78 is 22.3. The van der Waals surface area contributed by atoms with Gasteiger partial charge < -0.3 is 28.7 Å². The van der Waals surface area contributed by atoms with Gasteiger partial charge in [-0.25, -0.2) is 19.5 Å². The summed E-state index contributed by atoms with van der Waals surface area (Å²) in [6.45, 7) is 13.2. The minimum atomic E-state index is -0.674. The van der Waals surface area contributed by atoms with Crippen molar-refractivity contribution in [3.05, 3.63) is 48.5 Å². The zero-order valence-corrected chi connectivity index (χ0v) is 28.7. The standard InChI is InChI=1S/C36H46N4O7/c1-35(2,3)46-33(42)38(7)17-18-45-25-11-9-23(10-12-25)29-20-31(27-14-13-26(44-8)19-30(27)37-29)39-21-24-15-16-40(32(41)28(24)22-39)34(43)47-36(4,5)6/h9-14,19-20,24,28H,15-18,21-22H2,1-8H3/t24-,28+/m0/s1. The number of rotatable bonds is 7. The highest BCUT2D eigenvalue weighted by Crippen LogP contribution is 2.40. The second-order valence-corrected chi connectivity index (χ2v) is 14.2. The average molecular weight is 647 g/mol. The molecule has 2 aliphatic heterocycles. The van der Waals surface area contributed by atoms with Gasteiger partial charge in [-0.1, -0.05) is 0 Å². The molecule has 1 aromatic heterocycles. The number of methoxy groups -OCH3 is 1. The molecule has 5 rings (SSSR count). The van der Waals surface area contributed by atoms with Crippen LogP contribution >= 0.6 is 0 Å². The lowest BCUT2D eigenvalue weighted by molar-refractivity contribution is -0.138. The molecule has 0 N–H and O–H groups in total. The summed E-state index contributed by atoms with van der Waals surface area (Å²) in [4.78, 5) is 48.5. The number of pyridine rings is 1. The lowest BCUT2D eigenvalue weighted by Gasteiger charge is -2.33. The molecule has 2 saturated heterocycles. The van der Waals surface area contributed by atoms with Crippen molar-refractivity contribution in [1.82, 2.24) is 14.8 Å². The lowest BCUT2D eigenvalue weighted by atomic mass is 9.88. The first-order valence-electron chi connectivity index (χ1n) is 16.1.